The number of esters is 1. The average molecular weight is 881 g/mol. The molecule has 3 rings (SSSR count). The van der Waals surface area contributed by atoms with Crippen LogP contribution in [-0.4, -0.2) is 160 Å². The molecule has 0 unspecified atom stereocenters. The first-order valence-corrected chi connectivity index (χ1v) is 21.3. The molecule has 17 heteroatoms. The number of carboxylic acids is 1. The Bertz CT molecular complexity index is 1560. The lowest BCUT2D eigenvalue weighted by Gasteiger charge is -2.44. The molecule has 2 saturated heterocycles. The number of carbonyl (C=O) groups excluding carboxylic acids is 1. The van der Waals surface area contributed by atoms with E-state index >= 15 is 0 Å². The summed E-state index contributed by atoms with van der Waals surface area (Å²) >= 11 is 0. The summed E-state index contributed by atoms with van der Waals surface area (Å²) in [6.45, 7) is 3.32. The fourth-order valence-corrected chi connectivity index (χ4v) is 7.46. The number of cyclic esters (lactones) is 1. The van der Waals surface area contributed by atoms with Crippen molar-refractivity contribution >= 4 is 11.9 Å². The topological polar surface area (TPSA) is 294 Å². The van der Waals surface area contributed by atoms with Gasteiger partial charge in [-0.1, -0.05) is 92.0 Å². The second-order valence-corrected chi connectivity index (χ2v) is 16.5. The van der Waals surface area contributed by atoms with E-state index in [2.05, 4.69) is 0 Å². The Morgan fingerprint density at radius 1 is 0.629 bits per heavy atom. The third kappa shape index (κ3) is 19.6. The summed E-state index contributed by atoms with van der Waals surface area (Å²) in [6.07, 6.45) is 5.77. The maximum atomic E-state index is 12.5. The predicted molar refractivity (Wildman–Crippen MR) is 224 cm³/mol. The van der Waals surface area contributed by atoms with Gasteiger partial charge < -0.3 is 75.1 Å². The van der Waals surface area contributed by atoms with E-state index in [0.29, 0.717) is 0 Å². The molecule has 0 radical (unpaired) electrons. The minimum Gasteiger partial charge on any atom is -0.481 e. The Hall–Kier alpha value is -3.40. The summed E-state index contributed by atoms with van der Waals surface area (Å²) in [5.41, 5.74) is 0. The number of aliphatic hydroxyl groups excluding tert-OH is 9. The predicted octanol–water partition coefficient (Wildman–Crippen LogP) is 1.14. The molecule has 0 aliphatic carbocycles. The van der Waals surface area contributed by atoms with Crippen LogP contribution in [0, 0.1) is 11.8 Å². The number of hydrogen-bond acceptors (Lipinski definition) is 16. The molecule has 3 aliphatic rings. The van der Waals surface area contributed by atoms with Gasteiger partial charge in [-0.15, -0.1) is 0 Å². The van der Waals surface area contributed by atoms with Gasteiger partial charge in [0.15, 0.2) is 12.1 Å². The van der Waals surface area contributed by atoms with Crippen LogP contribution in [0.5, 0.6) is 0 Å². The van der Waals surface area contributed by atoms with Gasteiger partial charge in [-0.2, -0.15) is 0 Å². The Morgan fingerprint density at radius 2 is 1.21 bits per heavy atom. The number of ether oxygens (including phenoxy) is 4. The highest BCUT2D eigenvalue weighted by atomic mass is 16.7. The molecule has 0 amide bonds. The smallest absolute Gasteiger partial charge is 0.311 e. The van der Waals surface area contributed by atoms with Gasteiger partial charge in [0.2, 0.25) is 0 Å². The molecular formula is C45H68O17. The van der Waals surface area contributed by atoms with Crippen LogP contribution >= 0.6 is 0 Å². The summed E-state index contributed by atoms with van der Waals surface area (Å²) in [7, 11) is 0. The van der Waals surface area contributed by atoms with E-state index in [1.165, 1.54) is 0 Å². The van der Waals surface area contributed by atoms with E-state index in [1.54, 1.807) is 73.8 Å². The lowest BCUT2D eigenvalue weighted by molar-refractivity contribution is -0.305. The first kappa shape index (κ1) is 52.9. The number of fused-ring (bicyclic) bond motifs is 2. The van der Waals surface area contributed by atoms with E-state index in [0.717, 1.165) is 0 Å². The molecule has 0 aromatic heterocycles. The third-order valence-electron chi connectivity index (χ3n) is 10.8. The van der Waals surface area contributed by atoms with Crippen molar-refractivity contribution in [1.82, 2.24) is 0 Å². The van der Waals surface area contributed by atoms with Crippen molar-refractivity contribution < 1.29 is 84.7 Å². The molecular weight excluding hydrogens is 812 g/mol. The van der Waals surface area contributed by atoms with Crippen molar-refractivity contribution in [2.24, 2.45) is 11.8 Å². The van der Waals surface area contributed by atoms with Crippen LogP contribution < -0.4 is 0 Å². The molecule has 3 aliphatic heterocycles. The molecule has 2 bridgehead atoms. The Balaban J connectivity index is 1.81. The number of carboxylic acid groups (broad SMARTS) is 1. The van der Waals surface area contributed by atoms with Gasteiger partial charge in [0.1, 0.15) is 18.1 Å². The van der Waals surface area contributed by atoms with Gasteiger partial charge in [-0.25, -0.2) is 0 Å². The second-order valence-electron chi connectivity index (χ2n) is 16.5. The van der Waals surface area contributed by atoms with Crippen molar-refractivity contribution in [3.8, 4) is 0 Å². The molecule has 0 spiro atoms. The number of rotatable bonds is 3. The quantitative estimate of drug-likeness (QED) is 0.177. The minimum absolute atomic E-state index is 0.0398. The summed E-state index contributed by atoms with van der Waals surface area (Å²) < 4.78 is 22.7. The van der Waals surface area contributed by atoms with Crippen LogP contribution in [0.3, 0.4) is 0 Å². The van der Waals surface area contributed by atoms with Crippen molar-refractivity contribution in [2.75, 3.05) is 6.61 Å². The Labute approximate surface area is 362 Å². The zero-order chi connectivity index (χ0) is 45.8. The van der Waals surface area contributed by atoms with Gasteiger partial charge >= 0.3 is 11.9 Å². The van der Waals surface area contributed by atoms with E-state index < -0.39 is 129 Å². The van der Waals surface area contributed by atoms with E-state index in [9.17, 15) is 65.8 Å². The molecule has 0 aromatic carbocycles. The average Bonchev–Trinajstić information content (AvgIpc) is 3.16. The summed E-state index contributed by atoms with van der Waals surface area (Å²) in [4.78, 5) is 24.8. The monoisotopic (exact) mass is 880 g/mol. The maximum Gasteiger partial charge on any atom is 0.311 e. The zero-order valence-electron chi connectivity index (χ0n) is 35.4. The standard InChI is InChI=1S/C45H68O17/c1-28-15-13-11-9-7-5-3-4-6-8-10-12-14-16-34(61-44-38(53)22-33(49)27-59-44)24-40-42(43(56)57)39(54)26-45(58,62-40)25-32(48)21-37(52)35(50)18-17-30(46)20-31(47)23-41(55)60-29(2)19-36(28)51/h3-16,28-40,42,44,46-54,58H,17-27H2,1-2H3,(H,56,57)/b4-3+,7-5+,8-6+,11-9+,12-10+,15-13+,16-14+/t28-,29-,30+,31+,32-,33-,34-,35+,36-,37+,38-,39-,40-,42+,44-,45+/m0/s1. The maximum absolute atomic E-state index is 12.5. The fourth-order valence-electron chi connectivity index (χ4n) is 7.46. The minimum atomic E-state index is -2.29. The molecule has 16 atom stereocenters. The normalized spacial score (nSPS) is 43.5. The zero-order valence-corrected chi connectivity index (χ0v) is 35.4. The molecule has 3 heterocycles. The summed E-state index contributed by atoms with van der Waals surface area (Å²) in [6, 6.07) is 0. The van der Waals surface area contributed by atoms with Crippen molar-refractivity contribution in [1.29, 1.82) is 0 Å². The SMILES string of the molecule is C[C@H]1C[C@H](O)[C@@H](C)/C=C/C=C/C=C/C=C/C=C/C=C/C=C/[C@H](O[C@@H]2OC[C@@H](O)C[C@@H]2O)C[C@@H]2O[C@](O)(C[C@@H](O)C[C@@H](O)[C@H](O)CC[C@@H](O)C[C@@H](O)CC(=O)O1)C[C@H](O)[C@H]2C(=O)O. The molecule has 11 N–H and O–H groups in total. The largest absolute Gasteiger partial charge is 0.481 e. The number of hydrogen-bond donors (Lipinski definition) is 11. The lowest BCUT2D eigenvalue weighted by atomic mass is 9.82. The van der Waals surface area contributed by atoms with Crippen molar-refractivity contribution in [3.63, 3.8) is 0 Å². The Kier molecular flexibility index (Phi) is 23.1. The van der Waals surface area contributed by atoms with Gasteiger partial charge in [0, 0.05) is 44.4 Å². The van der Waals surface area contributed by atoms with Gasteiger partial charge in [-0.05, 0) is 26.2 Å². The van der Waals surface area contributed by atoms with E-state index in [1.807, 2.05) is 25.2 Å². The highest BCUT2D eigenvalue weighted by Crippen LogP contribution is 2.38. The molecule has 0 saturated carbocycles. The highest BCUT2D eigenvalue weighted by Gasteiger charge is 2.50. The van der Waals surface area contributed by atoms with Gasteiger partial charge in [-0.3, -0.25) is 9.59 Å². The second kappa shape index (κ2) is 27.0. The van der Waals surface area contributed by atoms with Crippen LogP contribution in [0.4, 0.5) is 0 Å². The summed E-state index contributed by atoms with van der Waals surface area (Å²) in [5.74, 6) is -6.24. The number of aliphatic carboxylic acids is 1. The van der Waals surface area contributed by atoms with E-state index in [-0.39, 0.29) is 51.0 Å². The highest BCUT2D eigenvalue weighted by molar-refractivity contribution is 5.71. The fraction of sp³-hybridized carbons (Fsp3) is 0.644. The van der Waals surface area contributed by atoms with E-state index in [4.69, 9.17) is 18.9 Å². The molecule has 17 nitrogen and oxygen atoms in total. The number of aliphatic hydroxyl groups is 10. The third-order valence-corrected chi connectivity index (χ3v) is 10.8. The molecule has 0 aromatic rings. The van der Waals surface area contributed by atoms with Gasteiger partial charge in [0.05, 0.1) is 74.1 Å². The van der Waals surface area contributed by atoms with Crippen LogP contribution in [0.15, 0.2) is 85.1 Å². The lowest BCUT2D eigenvalue weighted by Crippen LogP contribution is -2.56. The van der Waals surface area contributed by atoms with Gasteiger partial charge in [0.25, 0.3) is 0 Å². The van der Waals surface area contributed by atoms with Crippen molar-refractivity contribution in [3.05, 3.63) is 85.1 Å². The first-order chi connectivity index (χ1) is 29.3. The van der Waals surface area contributed by atoms with Crippen LogP contribution in [0.25, 0.3) is 0 Å². The van der Waals surface area contributed by atoms with Crippen LogP contribution in [0.1, 0.15) is 78.1 Å². The first-order valence-electron chi connectivity index (χ1n) is 21.3. The molecule has 2 fully saturated rings. The van der Waals surface area contributed by atoms with Crippen molar-refractivity contribution in [2.45, 2.75) is 163 Å². The van der Waals surface area contributed by atoms with Crippen LogP contribution in [0.2, 0.25) is 0 Å². The molecule has 62 heavy (non-hydrogen) atoms. The number of allylic oxidation sites excluding steroid dienone is 12. The molecule has 350 valence electrons. The van der Waals surface area contributed by atoms with Crippen LogP contribution in [-0.2, 0) is 28.5 Å². The summed E-state index contributed by atoms with van der Waals surface area (Å²) in [5, 5.41) is 117. The number of carbonyl (C=O) groups is 2. The Morgan fingerprint density at radius 3 is 1.81 bits per heavy atom.